The first-order chi connectivity index (χ1) is 9.78. The van der Waals surface area contributed by atoms with Crippen molar-refractivity contribution in [2.24, 2.45) is 0 Å². The molecule has 0 unspecified atom stereocenters. The average molecular weight is 292 g/mol. The highest BCUT2D eigenvalue weighted by Crippen LogP contribution is 2.16. The van der Waals surface area contributed by atoms with Gasteiger partial charge in [-0.15, -0.1) is 17.8 Å². The highest BCUT2D eigenvalue weighted by atomic mass is 32.1. The SMILES string of the molecule is C#CCNC(=O)CN(Cc1cccs1)C[C@@H]1CCCO1. The summed E-state index contributed by atoms with van der Waals surface area (Å²) in [5, 5.41) is 4.77. The number of ether oxygens (including phenoxy) is 1. The summed E-state index contributed by atoms with van der Waals surface area (Å²) in [5.41, 5.74) is 0. The zero-order valence-corrected chi connectivity index (χ0v) is 12.3. The Morgan fingerprint density at radius 1 is 1.65 bits per heavy atom. The molecule has 4 nitrogen and oxygen atoms in total. The first kappa shape index (κ1) is 15.0. The number of amides is 1. The molecule has 1 aromatic rings. The molecule has 1 aromatic heterocycles. The lowest BCUT2D eigenvalue weighted by Gasteiger charge is -2.24. The van der Waals surface area contributed by atoms with Gasteiger partial charge in [-0.25, -0.2) is 0 Å². The van der Waals surface area contributed by atoms with Crippen LogP contribution in [0.1, 0.15) is 17.7 Å². The van der Waals surface area contributed by atoms with Gasteiger partial charge in [0.05, 0.1) is 19.2 Å². The topological polar surface area (TPSA) is 41.6 Å². The molecule has 1 N–H and O–H groups in total. The zero-order chi connectivity index (χ0) is 14.2. The quantitative estimate of drug-likeness (QED) is 0.774. The molecule has 20 heavy (non-hydrogen) atoms. The maximum Gasteiger partial charge on any atom is 0.234 e. The van der Waals surface area contributed by atoms with Crippen LogP contribution < -0.4 is 5.32 Å². The second-order valence-corrected chi connectivity index (χ2v) is 5.90. The molecule has 2 heterocycles. The molecule has 0 spiro atoms. The Morgan fingerprint density at radius 2 is 2.55 bits per heavy atom. The summed E-state index contributed by atoms with van der Waals surface area (Å²) >= 11 is 1.71. The van der Waals surface area contributed by atoms with E-state index in [9.17, 15) is 4.79 Å². The lowest BCUT2D eigenvalue weighted by atomic mass is 10.2. The second-order valence-electron chi connectivity index (χ2n) is 4.86. The van der Waals surface area contributed by atoms with E-state index in [2.05, 4.69) is 27.6 Å². The van der Waals surface area contributed by atoms with Crippen molar-refractivity contribution in [3.8, 4) is 12.3 Å². The molecule has 1 saturated heterocycles. The third kappa shape index (κ3) is 4.97. The number of nitrogens with one attached hydrogen (secondary N) is 1. The van der Waals surface area contributed by atoms with Crippen LogP contribution in [0.2, 0.25) is 0 Å². The Balaban J connectivity index is 1.88. The van der Waals surface area contributed by atoms with Crippen LogP contribution in [0.25, 0.3) is 0 Å². The molecule has 1 aliphatic rings. The van der Waals surface area contributed by atoms with Crippen LogP contribution in [0.4, 0.5) is 0 Å². The Hall–Kier alpha value is -1.35. The van der Waals surface area contributed by atoms with E-state index in [4.69, 9.17) is 11.2 Å². The third-order valence-corrected chi connectivity index (χ3v) is 4.06. The van der Waals surface area contributed by atoms with E-state index in [0.29, 0.717) is 6.54 Å². The summed E-state index contributed by atoms with van der Waals surface area (Å²) < 4.78 is 5.66. The van der Waals surface area contributed by atoms with Gasteiger partial charge < -0.3 is 10.1 Å². The number of carbonyl (C=O) groups is 1. The molecular weight excluding hydrogens is 272 g/mol. The van der Waals surface area contributed by atoms with Crippen LogP contribution >= 0.6 is 11.3 Å². The van der Waals surface area contributed by atoms with Crippen LogP contribution in [-0.2, 0) is 16.1 Å². The molecule has 0 aromatic carbocycles. The van der Waals surface area contributed by atoms with Gasteiger partial charge in [-0.3, -0.25) is 9.69 Å². The molecule has 1 amide bonds. The summed E-state index contributed by atoms with van der Waals surface area (Å²) in [4.78, 5) is 15.2. The Kier molecular flexibility index (Phi) is 6.06. The largest absolute Gasteiger partial charge is 0.377 e. The number of terminal acetylenes is 1. The first-order valence-electron chi connectivity index (χ1n) is 6.84. The zero-order valence-electron chi connectivity index (χ0n) is 11.5. The molecule has 1 atom stereocenters. The van der Waals surface area contributed by atoms with Gasteiger partial charge in [0.2, 0.25) is 5.91 Å². The van der Waals surface area contributed by atoms with Crippen LogP contribution in [-0.4, -0.2) is 43.2 Å². The summed E-state index contributed by atoms with van der Waals surface area (Å²) in [7, 11) is 0. The van der Waals surface area contributed by atoms with E-state index < -0.39 is 0 Å². The van der Waals surface area contributed by atoms with Crippen LogP contribution in [0, 0.1) is 12.3 Å². The molecule has 0 saturated carbocycles. The van der Waals surface area contributed by atoms with Crippen molar-refractivity contribution in [2.75, 3.05) is 26.2 Å². The van der Waals surface area contributed by atoms with Crippen LogP contribution in [0.5, 0.6) is 0 Å². The average Bonchev–Trinajstić information content (AvgIpc) is 3.09. The van der Waals surface area contributed by atoms with Crippen molar-refractivity contribution in [1.29, 1.82) is 0 Å². The third-order valence-electron chi connectivity index (χ3n) is 3.20. The number of thiophene rings is 1. The molecule has 0 radical (unpaired) electrons. The predicted molar refractivity (Wildman–Crippen MR) is 80.4 cm³/mol. The molecule has 5 heteroatoms. The molecule has 0 aliphatic carbocycles. The van der Waals surface area contributed by atoms with Gasteiger partial charge in [-0.2, -0.15) is 0 Å². The maximum absolute atomic E-state index is 11.8. The number of hydrogen-bond acceptors (Lipinski definition) is 4. The Morgan fingerprint density at radius 3 is 3.20 bits per heavy atom. The summed E-state index contributed by atoms with van der Waals surface area (Å²) in [5.74, 6) is 2.39. The first-order valence-corrected chi connectivity index (χ1v) is 7.72. The molecule has 108 valence electrons. The fourth-order valence-corrected chi connectivity index (χ4v) is 3.04. The van der Waals surface area contributed by atoms with Crippen molar-refractivity contribution in [2.45, 2.75) is 25.5 Å². The van der Waals surface area contributed by atoms with Crippen molar-refractivity contribution in [1.82, 2.24) is 10.2 Å². The number of carbonyl (C=O) groups excluding carboxylic acids is 1. The molecule has 0 bridgehead atoms. The van der Waals surface area contributed by atoms with Crippen LogP contribution in [0.3, 0.4) is 0 Å². The second kappa shape index (κ2) is 8.05. The maximum atomic E-state index is 11.8. The van der Waals surface area contributed by atoms with Gasteiger partial charge in [-0.05, 0) is 24.3 Å². The van der Waals surface area contributed by atoms with Crippen molar-refractivity contribution in [3.05, 3.63) is 22.4 Å². The molecular formula is C15H20N2O2S. The van der Waals surface area contributed by atoms with Gasteiger partial charge in [0, 0.05) is 24.6 Å². The Labute approximate surface area is 124 Å². The van der Waals surface area contributed by atoms with E-state index in [-0.39, 0.29) is 18.6 Å². The van der Waals surface area contributed by atoms with E-state index in [0.717, 1.165) is 32.5 Å². The smallest absolute Gasteiger partial charge is 0.234 e. The lowest BCUT2D eigenvalue weighted by molar-refractivity contribution is -0.122. The van der Waals surface area contributed by atoms with E-state index in [1.807, 2.05) is 6.07 Å². The summed E-state index contributed by atoms with van der Waals surface area (Å²) in [6.07, 6.45) is 7.59. The number of nitrogens with zero attached hydrogens (tertiary/aromatic N) is 1. The highest BCUT2D eigenvalue weighted by Gasteiger charge is 2.21. The fraction of sp³-hybridized carbons (Fsp3) is 0.533. The minimum absolute atomic E-state index is 0.0301. The number of hydrogen-bond donors (Lipinski definition) is 1. The van der Waals surface area contributed by atoms with Gasteiger partial charge in [0.1, 0.15) is 0 Å². The molecule has 2 rings (SSSR count). The fourth-order valence-electron chi connectivity index (χ4n) is 2.29. The lowest BCUT2D eigenvalue weighted by Crippen LogP contribution is -2.40. The van der Waals surface area contributed by atoms with Gasteiger partial charge in [-0.1, -0.05) is 12.0 Å². The Bertz CT molecular complexity index is 447. The van der Waals surface area contributed by atoms with E-state index in [1.165, 1.54) is 4.88 Å². The molecule has 1 aliphatic heterocycles. The minimum atomic E-state index is -0.0301. The van der Waals surface area contributed by atoms with Crippen molar-refractivity contribution >= 4 is 17.2 Å². The number of rotatable bonds is 7. The summed E-state index contributed by atoms with van der Waals surface area (Å²) in [6, 6.07) is 4.12. The van der Waals surface area contributed by atoms with Crippen molar-refractivity contribution in [3.63, 3.8) is 0 Å². The highest BCUT2D eigenvalue weighted by molar-refractivity contribution is 7.09. The van der Waals surface area contributed by atoms with E-state index >= 15 is 0 Å². The van der Waals surface area contributed by atoms with Crippen molar-refractivity contribution < 1.29 is 9.53 Å². The summed E-state index contributed by atoms with van der Waals surface area (Å²) in [6.45, 7) is 3.05. The van der Waals surface area contributed by atoms with Gasteiger partial charge in [0.25, 0.3) is 0 Å². The standard InChI is InChI=1S/C15H20N2O2S/c1-2-7-16-15(18)12-17(10-13-5-3-8-19-13)11-14-6-4-9-20-14/h1,4,6,9,13H,3,5,7-8,10-12H2,(H,16,18)/t13-/m0/s1. The van der Waals surface area contributed by atoms with Gasteiger partial charge >= 0.3 is 0 Å². The monoisotopic (exact) mass is 292 g/mol. The van der Waals surface area contributed by atoms with E-state index in [1.54, 1.807) is 11.3 Å². The normalized spacial score (nSPS) is 18.1. The minimum Gasteiger partial charge on any atom is -0.377 e. The molecule has 1 fully saturated rings. The van der Waals surface area contributed by atoms with Crippen LogP contribution in [0.15, 0.2) is 17.5 Å². The van der Waals surface area contributed by atoms with Gasteiger partial charge in [0.15, 0.2) is 0 Å². The predicted octanol–water partition coefficient (Wildman–Crippen LogP) is 1.48.